The van der Waals surface area contributed by atoms with Crippen molar-refractivity contribution in [1.82, 2.24) is 4.98 Å². The Kier molecular flexibility index (Phi) is 4.30. The van der Waals surface area contributed by atoms with E-state index in [1.165, 1.54) is 10.1 Å². The molecule has 5 nitrogen and oxygen atoms in total. The second kappa shape index (κ2) is 6.94. The summed E-state index contributed by atoms with van der Waals surface area (Å²) in [5, 5.41) is 6.83. The van der Waals surface area contributed by atoms with Gasteiger partial charge in [0.1, 0.15) is 5.75 Å². The molecule has 0 bridgehead atoms. The fourth-order valence-corrected chi connectivity index (χ4v) is 4.34. The lowest BCUT2D eigenvalue weighted by atomic mass is 10.1. The van der Waals surface area contributed by atoms with Crippen LogP contribution >= 0.6 is 11.3 Å². The highest BCUT2D eigenvalue weighted by Gasteiger charge is 2.21. The summed E-state index contributed by atoms with van der Waals surface area (Å²) in [6, 6.07) is 8.38. The Balaban J connectivity index is 1.36. The Bertz CT molecular complexity index is 1010. The monoisotopic (exact) mass is 379 g/mol. The van der Waals surface area contributed by atoms with Crippen molar-refractivity contribution in [2.75, 3.05) is 25.1 Å². The Hall–Kier alpha value is -2.44. The molecule has 3 aromatic rings. The summed E-state index contributed by atoms with van der Waals surface area (Å²) in [6.45, 7) is 4.45. The van der Waals surface area contributed by atoms with Gasteiger partial charge in [0.15, 0.2) is 6.17 Å². The van der Waals surface area contributed by atoms with Crippen LogP contribution in [0.2, 0.25) is 0 Å². The van der Waals surface area contributed by atoms with Gasteiger partial charge in [-0.05, 0) is 53.9 Å². The third-order valence-corrected chi connectivity index (χ3v) is 6.00. The molecular formula is C21H21N3O2S. The van der Waals surface area contributed by atoms with E-state index in [1.54, 1.807) is 11.3 Å². The summed E-state index contributed by atoms with van der Waals surface area (Å²) in [7, 11) is 0. The topological polar surface area (TPSA) is 55.7 Å². The molecule has 0 spiro atoms. The molecule has 6 heteroatoms. The number of aryl methyl sites for hydroxylation is 1. The molecule has 0 radical (unpaired) electrons. The molecule has 1 aromatic carbocycles. The molecule has 1 fully saturated rings. The van der Waals surface area contributed by atoms with E-state index in [4.69, 9.17) is 9.47 Å². The van der Waals surface area contributed by atoms with Gasteiger partial charge in [-0.3, -0.25) is 9.98 Å². The highest BCUT2D eigenvalue weighted by atomic mass is 32.1. The molecular weight excluding hydrogens is 358 g/mol. The van der Waals surface area contributed by atoms with Crippen molar-refractivity contribution < 1.29 is 9.47 Å². The predicted octanol–water partition coefficient (Wildman–Crippen LogP) is 4.56. The van der Waals surface area contributed by atoms with Gasteiger partial charge in [0, 0.05) is 36.2 Å². The van der Waals surface area contributed by atoms with Gasteiger partial charge in [0.05, 0.1) is 23.6 Å². The van der Waals surface area contributed by atoms with Gasteiger partial charge in [0.2, 0.25) is 0 Å². The first-order chi connectivity index (χ1) is 13.3. The van der Waals surface area contributed by atoms with Gasteiger partial charge in [-0.2, -0.15) is 0 Å². The smallest absolute Gasteiger partial charge is 0.161 e. The lowest BCUT2D eigenvalue weighted by molar-refractivity contribution is 0.167. The van der Waals surface area contributed by atoms with Crippen molar-refractivity contribution in [3.05, 3.63) is 52.7 Å². The van der Waals surface area contributed by atoms with E-state index in [-0.39, 0.29) is 6.17 Å². The third-order valence-electron chi connectivity index (χ3n) is 5.13. The molecule has 2 atom stereocenters. The van der Waals surface area contributed by atoms with Gasteiger partial charge in [-0.25, -0.2) is 0 Å². The van der Waals surface area contributed by atoms with Crippen LogP contribution in [0.3, 0.4) is 0 Å². The summed E-state index contributed by atoms with van der Waals surface area (Å²) in [5.41, 5.74) is 4.24. The van der Waals surface area contributed by atoms with Crippen LogP contribution in [0.4, 0.5) is 5.69 Å². The Morgan fingerprint density at radius 3 is 3.19 bits per heavy atom. The van der Waals surface area contributed by atoms with Crippen LogP contribution in [0.1, 0.15) is 29.4 Å². The van der Waals surface area contributed by atoms with Crippen molar-refractivity contribution in [2.24, 2.45) is 10.9 Å². The van der Waals surface area contributed by atoms with Gasteiger partial charge >= 0.3 is 0 Å². The number of hydrogen-bond donors (Lipinski definition) is 1. The van der Waals surface area contributed by atoms with E-state index >= 15 is 0 Å². The van der Waals surface area contributed by atoms with Gasteiger partial charge in [0.25, 0.3) is 0 Å². The maximum Gasteiger partial charge on any atom is 0.161 e. The molecule has 2 aliphatic rings. The standard InChI is InChI=1S/C21H21N3O2S/c1-13-6-17(26-12-14-2-4-25-11-14)7-16-9-23-21(24-20(13)16)18-8-15-3-5-27-19(15)10-22-18/h3,5-10,14,21,24H,2,4,11-12H2,1H3/t14?,21-/m1/s1. The molecule has 1 unspecified atom stereocenters. The molecule has 0 saturated carbocycles. The Morgan fingerprint density at radius 2 is 2.30 bits per heavy atom. The third kappa shape index (κ3) is 3.31. The summed E-state index contributed by atoms with van der Waals surface area (Å²) in [5.74, 6) is 1.39. The number of nitrogens with zero attached hydrogens (tertiary/aromatic N) is 2. The number of hydrogen-bond acceptors (Lipinski definition) is 6. The molecule has 138 valence electrons. The summed E-state index contributed by atoms with van der Waals surface area (Å²) < 4.78 is 12.6. The second-order valence-corrected chi connectivity index (χ2v) is 8.09. The van der Waals surface area contributed by atoms with Gasteiger partial charge in [-0.1, -0.05) is 0 Å². The average Bonchev–Trinajstić information content (AvgIpc) is 3.37. The van der Waals surface area contributed by atoms with Crippen LogP contribution < -0.4 is 10.1 Å². The molecule has 2 aliphatic heterocycles. The van der Waals surface area contributed by atoms with Gasteiger partial charge in [-0.15, -0.1) is 11.3 Å². The maximum absolute atomic E-state index is 6.01. The zero-order valence-electron chi connectivity index (χ0n) is 15.1. The molecule has 27 heavy (non-hydrogen) atoms. The van der Waals surface area contributed by atoms with E-state index in [1.807, 2.05) is 12.4 Å². The first kappa shape index (κ1) is 16.7. The average molecular weight is 379 g/mol. The minimum Gasteiger partial charge on any atom is -0.493 e. The van der Waals surface area contributed by atoms with E-state index in [0.29, 0.717) is 12.5 Å². The van der Waals surface area contributed by atoms with Crippen molar-refractivity contribution in [3.8, 4) is 5.75 Å². The van der Waals surface area contributed by atoms with Crippen LogP contribution in [0.15, 0.2) is 40.8 Å². The SMILES string of the molecule is Cc1cc(OCC2CCOC2)cc2c1N[C@H](c1cc3ccsc3cn1)N=C2. The largest absolute Gasteiger partial charge is 0.493 e. The highest BCUT2D eigenvalue weighted by molar-refractivity contribution is 7.17. The van der Waals surface area contributed by atoms with Crippen molar-refractivity contribution in [1.29, 1.82) is 0 Å². The van der Waals surface area contributed by atoms with E-state index in [2.05, 4.69) is 51.9 Å². The number of rotatable bonds is 4. The van der Waals surface area contributed by atoms with Crippen LogP contribution in [-0.2, 0) is 4.74 Å². The number of nitrogens with one attached hydrogen (secondary N) is 1. The molecule has 2 aromatic heterocycles. The number of aliphatic imine (C=N–C) groups is 1. The number of aromatic nitrogens is 1. The van der Waals surface area contributed by atoms with Crippen molar-refractivity contribution in [2.45, 2.75) is 19.5 Å². The van der Waals surface area contributed by atoms with Crippen molar-refractivity contribution in [3.63, 3.8) is 0 Å². The lowest BCUT2D eigenvalue weighted by Gasteiger charge is -2.24. The summed E-state index contributed by atoms with van der Waals surface area (Å²) >= 11 is 1.71. The molecule has 1 N–H and O–H groups in total. The second-order valence-electron chi connectivity index (χ2n) is 7.14. The first-order valence-electron chi connectivity index (χ1n) is 9.24. The first-order valence-corrected chi connectivity index (χ1v) is 10.1. The lowest BCUT2D eigenvalue weighted by Crippen LogP contribution is -2.17. The van der Waals surface area contributed by atoms with Crippen LogP contribution in [0.25, 0.3) is 10.1 Å². The van der Waals surface area contributed by atoms with Crippen LogP contribution in [-0.4, -0.2) is 31.0 Å². The Morgan fingerprint density at radius 1 is 1.33 bits per heavy atom. The maximum atomic E-state index is 6.01. The predicted molar refractivity (Wildman–Crippen MR) is 109 cm³/mol. The van der Waals surface area contributed by atoms with Crippen LogP contribution in [0.5, 0.6) is 5.75 Å². The fraction of sp³-hybridized carbons (Fsp3) is 0.333. The van der Waals surface area contributed by atoms with E-state index in [0.717, 1.165) is 47.9 Å². The summed E-state index contributed by atoms with van der Waals surface area (Å²) in [4.78, 5) is 9.28. The number of anilines is 1. The molecule has 0 amide bonds. The van der Waals surface area contributed by atoms with Crippen LogP contribution in [0, 0.1) is 12.8 Å². The molecule has 5 rings (SSSR count). The number of fused-ring (bicyclic) bond motifs is 2. The minimum absolute atomic E-state index is 0.164. The number of thiophene rings is 1. The minimum atomic E-state index is -0.164. The molecule has 0 aliphatic carbocycles. The number of pyridine rings is 1. The Labute approximate surface area is 162 Å². The zero-order chi connectivity index (χ0) is 18.2. The van der Waals surface area contributed by atoms with E-state index in [9.17, 15) is 0 Å². The van der Waals surface area contributed by atoms with Crippen molar-refractivity contribution >= 4 is 33.3 Å². The van der Waals surface area contributed by atoms with Gasteiger partial charge < -0.3 is 14.8 Å². The fourth-order valence-electron chi connectivity index (χ4n) is 3.60. The number of benzene rings is 1. The molecule has 1 saturated heterocycles. The van der Waals surface area contributed by atoms with E-state index < -0.39 is 0 Å². The quantitative estimate of drug-likeness (QED) is 0.722. The highest BCUT2D eigenvalue weighted by Crippen LogP contribution is 2.33. The normalized spacial score (nSPS) is 21.2. The zero-order valence-corrected chi connectivity index (χ0v) is 16.0. The summed E-state index contributed by atoms with van der Waals surface area (Å²) in [6.07, 6.45) is 4.77. The number of ether oxygens (including phenoxy) is 2. The molecule has 4 heterocycles.